The van der Waals surface area contributed by atoms with E-state index in [2.05, 4.69) is 0 Å². The molecule has 0 bridgehead atoms. The molecule has 2 radical (unpaired) electrons. The van der Waals surface area contributed by atoms with Gasteiger partial charge in [0.05, 0.1) is 5.41 Å². The van der Waals surface area contributed by atoms with E-state index in [-0.39, 0.29) is 39.0 Å². The van der Waals surface area contributed by atoms with E-state index in [0.29, 0.717) is 0 Å². The summed E-state index contributed by atoms with van der Waals surface area (Å²) in [4.78, 5) is 0. The molecule has 2 N–H and O–H groups in total. The van der Waals surface area contributed by atoms with Crippen molar-refractivity contribution in [2.24, 2.45) is 0 Å². The van der Waals surface area contributed by atoms with Crippen LogP contribution in [-0.4, -0.2) is 16.5 Å². The van der Waals surface area contributed by atoms with Crippen LogP contribution >= 0.6 is 0 Å². The molecule has 0 aliphatic heterocycles. The van der Waals surface area contributed by atoms with E-state index in [1.807, 2.05) is 91.0 Å². The first kappa shape index (κ1) is 20.9. The number of aliphatic hydroxyl groups excluding tert-OH is 1. The van der Waals surface area contributed by atoms with Gasteiger partial charge in [-0.05, 0) is 16.7 Å². The maximum absolute atomic E-state index is 10.4. The first-order chi connectivity index (χ1) is 10.8. The molecule has 0 unspecified atom stereocenters. The average Bonchev–Trinajstić information content (AvgIpc) is 2.58. The van der Waals surface area contributed by atoms with E-state index in [4.69, 9.17) is 0 Å². The summed E-state index contributed by atoms with van der Waals surface area (Å²) in [6, 6.07) is 28.8. The number of aliphatic hydroxyl groups is 2. The van der Waals surface area contributed by atoms with Gasteiger partial charge in [0.1, 0.15) is 0 Å². The van der Waals surface area contributed by atoms with Gasteiger partial charge in [-0.2, -0.15) is 0 Å². The Morgan fingerprint density at radius 2 is 0.750 bits per heavy atom. The molecule has 0 aromatic heterocycles. The SMILES string of the molecule is OC(O)C(c1ccccc1)(c1ccccc1)c1ccccc1.[Rh].[Rh]. The third kappa shape index (κ3) is 3.73. The van der Waals surface area contributed by atoms with Crippen LogP contribution in [0.1, 0.15) is 16.7 Å². The smallest absolute Gasteiger partial charge is 0.169 e. The van der Waals surface area contributed by atoms with Crippen LogP contribution in [-0.2, 0) is 44.4 Å². The maximum Gasteiger partial charge on any atom is 0.169 e. The van der Waals surface area contributed by atoms with Crippen LogP contribution in [0.25, 0.3) is 0 Å². The first-order valence-corrected chi connectivity index (χ1v) is 7.29. The molecule has 3 aromatic carbocycles. The maximum atomic E-state index is 10.4. The molecule has 0 fully saturated rings. The molecule has 24 heavy (non-hydrogen) atoms. The van der Waals surface area contributed by atoms with Crippen molar-refractivity contribution in [3.05, 3.63) is 108 Å². The van der Waals surface area contributed by atoms with E-state index in [9.17, 15) is 10.2 Å². The Labute approximate surface area is 168 Å². The molecule has 2 nitrogen and oxygen atoms in total. The zero-order valence-electron chi connectivity index (χ0n) is 12.8. The second-order valence-corrected chi connectivity index (χ2v) is 5.28. The van der Waals surface area contributed by atoms with Crippen LogP contribution in [0.3, 0.4) is 0 Å². The van der Waals surface area contributed by atoms with Gasteiger partial charge in [0.25, 0.3) is 0 Å². The van der Waals surface area contributed by atoms with Crippen molar-refractivity contribution in [2.75, 3.05) is 0 Å². The molecule has 128 valence electrons. The van der Waals surface area contributed by atoms with Gasteiger partial charge in [-0.25, -0.2) is 0 Å². The monoisotopic (exact) mass is 496 g/mol. The molecular weight excluding hydrogens is 478 g/mol. The minimum Gasteiger partial charge on any atom is -0.367 e. The summed E-state index contributed by atoms with van der Waals surface area (Å²) in [7, 11) is 0. The van der Waals surface area contributed by atoms with Crippen molar-refractivity contribution >= 4 is 0 Å². The number of rotatable bonds is 4. The Balaban J connectivity index is 0.00000144. The largest absolute Gasteiger partial charge is 0.367 e. The number of hydrogen-bond acceptors (Lipinski definition) is 2. The molecule has 0 heterocycles. The number of hydrogen-bond donors (Lipinski definition) is 2. The summed E-state index contributed by atoms with van der Waals surface area (Å²) in [5.41, 5.74) is 1.54. The van der Waals surface area contributed by atoms with E-state index in [0.717, 1.165) is 16.7 Å². The van der Waals surface area contributed by atoms with Crippen LogP contribution in [0.2, 0.25) is 0 Å². The third-order valence-corrected chi connectivity index (χ3v) is 4.07. The second-order valence-electron chi connectivity index (χ2n) is 5.28. The molecule has 0 spiro atoms. The van der Waals surface area contributed by atoms with Gasteiger partial charge < -0.3 is 10.2 Å². The molecular formula is C20H18O2Rh2. The molecule has 0 aliphatic carbocycles. The van der Waals surface area contributed by atoms with Crippen molar-refractivity contribution in [1.29, 1.82) is 0 Å². The summed E-state index contributed by atoms with van der Waals surface area (Å²) in [6.45, 7) is 0. The zero-order chi connectivity index (χ0) is 15.4. The van der Waals surface area contributed by atoms with Crippen molar-refractivity contribution in [3.8, 4) is 0 Å². The van der Waals surface area contributed by atoms with Crippen LogP contribution in [0.15, 0.2) is 91.0 Å². The van der Waals surface area contributed by atoms with Gasteiger partial charge in [0.15, 0.2) is 6.29 Å². The molecule has 3 rings (SSSR count). The Kier molecular flexibility index (Phi) is 8.13. The quantitative estimate of drug-likeness (QED) is 0.331. The molecule has 0 atom stereocenters. The zero-order valence-corrected chi connectivity index (χ0v) is 16.1. The van der Waals surface area contributed by atoms with Gasteiger partial charge >= 0.3 is 0 Å². The molecule has 0 amide bonds. The predicted molar refractivity (Wildman–Crippen MR) is 87.4 cm³/mol. The van der Waals surface area contributed by atoms with Gasteiger partial charge in [-0.3, -0.25) is 0 Å². The Morgan fingerprint density at radius 1 is 0.500 bits per heavy atom. The van der Waals surface area contributed by atoms with E-state index in [1.54, 1.807) is 0 Å². The minimum atomic E-state index is -1.56. The van der Waals surface area contributed by atoms with Gasteiger partial charge in [-0.15, -0.1) is 0 Å². The molecule has 3 aromatic rings. The topological polar surface area (TPSA) is 40.5 Å². The van der Waals surface area contributed by atoms with Crippen LogP contribution in [0.5, 0.6) is 0 Å². The predicted octanol–water partition coefficient (Wildman–Crippen LogP) is 3.33. The fourth-order valence-corrected chi connectivity index (χ4v) is 3.05. The van der Waals surface area contributed by atoms with Gasteiger partial charge in [0, 0.05) is 39.0 Å². The fourth-order valence-electron chi connectivity index (χ4n) is 3.05. The van der Waals surface area contributed by atoms with Gasteiger partial charge in [-0.1, -0.05) is 91.0 Å². The number of benzene rings is 3. The Morgan fingerprint density at radius 3 is 0.958 bits per heavy atom. The molecule has 0 aliphatic rings. The summed E-state index contributed by atoms with van der Waals surface area (Å²) >= 11 is 0. The minimum absolute atomic E-state index is 0. The third-order valence-electron chi connectivity index (χ3n) is 4.07. The van der Waals surface area contributed by atoms with E-state index < -0.39 is 11.7 Å². The molecule has 4 heteroatoms. The molecule has 0 saturated carbocycles. The van der Waals surface area contributed by atoms with Crippen molar-refractivity contribution in [1.82, 2.24) is 0 Å². The van der Waals surface area contributed by atoms with Crippen LogP contribution in [0, 0.1) is 0 Å². The summed E-state index contributed by atoms with van der Waals surface area (Å²) in [5.74, 6) is 0. The summed E-state index contributed by atoms with van der Waals surface area (Å²) in [5, 5.41) is 20.8. The van der Waals surface area contributed by atoms with Crippen molar-refractivity contribution in [3.63, 3.8) is 0 Å². The molecule has 0 saturated heterocycles. The summed E-state index contributed by atoms with van der Waals surface area (Å²) in [6.07, 6.45) is -1.56. The van der Waals surface area contributed by atoms with E-state index >= 15 is 0 Å². The average molecular weight is 496 g/mol. The van der Waals surface area contributed by atoms with Crippen molar-refractivity contribution < 1.29 is 49.2 Å². The fraction of sp³-hybridized carbons (Fsp3) is 0.100. The van der Waals surface area contributed by atoms with Crippen LogP contribution < -0.4 is 0 Å². The second kappa shape index (κ2) is 9.35. The van der Waals surface area contributed by atoms with Crippen molar-refractivity contribution in [2.45, 2.75) is 11.7 Å². The Hall–Kier alpha value is -1.17. The Bertz CT molecular complexity index is 620. The normalized spacial score (nSPS) is 10.6. The standard InChI is InChI=1S/C20H18O2.2Rh/c21-19(22)20(16-10-4-1-5-11-16,17-12-6-2-7-13-17)18-14-8-3-9-15-18;;/h1-15,19,21-22H;;. The van der Waals surface area contributed by atoms with Crippen LogP contribution in [0.4, 0.5) is 0 Å². The first-order valence-electron chi connectivity index (χ1n) is 7.29. The van der Waals surface area contributed by atoms with Gasteiger partial charge in [0.2, 0.25) is 0 Å². The van der Waals surface area contributed by atoms with E-state index in [1.165, 1.54) is 0 Å². The summed E-state index contributed by atoms with van der Waals surface area (Å²) < 4.78 is 0.